The molecule has 0 radical (unpaired) electrons. The molecule has 1 nitrogen and oxygen atoms in total. The van der Waals surface area contributed by atoms with Crippen molar-refractivity contribution in [1.29, 1.82) is 0 Å². The molecule has 2 heteroatoms. The fourth-order valence-corrected chi connectivity index (χ4v) is 2.73. The largest absolute Gasteiger partial charge is 0.287 e. The van der Waals surface area contributed by atoms with E-state index >= 15 is 0 Å². The van der Waals surface area contributed by atoms with Crippen molar-refractivity contribution >= 4 is 16.9 Å². The summed E-state index contributed by atoms with van der Waals surface area (Å²) in [4.78, 5) is 11.7. The number of unbranched alkanes of at least 4 members (excludes halogenated alkanes) is 5. The molecule has 0 aliphatic carbocycles. The maximum Gasteiger partial charge on any atom is 0.193 e. The topological polar surface area (TPSA) is 17.1 Å². The summed E-state index contributed by atoms with van der Waals surface area (Å²) in [5.74, 6) is 0.984. The Morgan fingerprint density at radius 2 is 1.67 bits per heavy atom. The standard InChI is InChI=1S/C16H24OS/c1-2-3-4-5-6-10-13-18-16(17)14-15-11-8-7-9-12-15/h7-9,11-12H,2-6,10,13-14H2,1H3. The summed E-state index contributed by atoms with van der Waals surface area (Å²) in [6, 6.07) is 9.99. The molecule has 0 bridgehead atoms. The van der Waals surface area contributed by atoms with Crippen LogP contribution in [-0.2, 0) is 11.2 Å². The van der Waals surface area contributed by atoms with Gasteiger partial charge >= 0.3 is 0 Å². The Kier molecular flexibility index (Phi) is 8.66. The maximum absolute atomic E-state index is 11.7. The summed E-state index contributed by atoms with van der Waals surface area (Å²) in [5.41, 5.74) is 1.12. The summed E-state index contributed by atoms with van der Waals surface area (Å²) < 4.78 is 0. The molecule has 0 saturated heterocycles. The normalized spacial score (nSPS) is 10.5. The van der Waals surface area contributed by atoms with E-state index in [9.17, 15) is 4.79 Å². The molecule has 0 N–H and O–H groups in total. The second-order valence-corrected chi connectivity index (χ2v) is 5.80. The third-order valence-corrected chi connectivity index (χ3v) is 3.91. The van der Waals surface area contributed by atoms with Crippen LogP contribution in [0.2, 0.25) is 0 Å². The number of benzene rings is 1. The number of hydrogen-bond donors (Lipinski definition) is 0. The molecule has 0 fully saturated rings. The predicted molar refractivity (Wildman–Crippen MR) is 81.0 cm³/mol. The average Bonchev–Trinajstić information content (AvgIpc) is 2.39. The van der Waals surface area contributed by atoms with E-state index in [1.54, 1.807) is 0 Å². The minimum Gasteiger partial charge on any atom is -0.287 e. The van der Waals surface area contributed by atoms with E-state index in [4.69, 9.17) is 0 Å². The second kappa shape index (κ2) is 10.2. The minimum atomic E-state index is 0.301. The van der Waals surface area contributed by atoms with Crippen molar-refractivity contribution in [3.05, 3.63) is 35.9 Å². The second-order valence-electron chi connectivity index (χ2n) is 4.65. The third kappa shape index (κ3) is 7.54. The molecule has 0 spiro atoms. The number of hydrogen-bond acceptors (Lipinski definition) is 2. The van der Waals surface area contributed by atoms with Gasteiger partial charge in [-0.05, 0) is 12.0 Å². The molecule has 0 atom stereocenters. The number of thioether (sulfide) groups is 1. The zero-order chi connectivity index (χ0) is 13.1. The average molecular weight is 264 g/mol. The Hall–Kier alpha value is -0.760. The lowest BCUT2D eigenvalue weighted by atomic mass is 10.1. The van der Waals surface area contributed by atoms with E-state index in [1.807, 2.05) is 30.3 Å². The summed E-state index contributed by atoms with van der Waals surface area (Å²) in [5, 5.41) is 0.301. The van der Waals surface area contributed by atoms with Gasteiger partial charge in [-0.25, -0.2) is 0 Å². The highest BCUT2D eigenvalue weighted by Gasteiger charge is 2.03. The highest BCUT2D eigenvalue weighted by Crippen LogP contribution is 2.13. The Balaban J connectivity index is 2.00. The van der Waals surface area contributed by atoms with Crippen molar-refractivity contribution in [3.63, 3.8) is 0 Å². The first-order valence-electron chi connectivity index (χ1n) is 7.02. The SMILES string of the molecule is CCCCCCCCSC(=O)Cc1ccccc1. The van der Waals surface area contributed by atoms with Gasteiger partial charge in [-0.1, -0.05) is 81.1 Å². The number of carbonyl (C=O) groups excluding carboxylic acids is 1. The van der Waals surface area contributed by atoms with Crippen LogP contribution in [-0.4, -0.2) is 10.9 Å². The van der Waals surface area contributed by atoms with Gasteiger partial charge in [0.05, 0.1) is 0 Å². The summed E-state index contributed by atoms with van der Waals surface area (Å²) in [6.45, 7) is 2.23. The van der Waals surface area contributed by atoms with Crippen molar-refractivity contribution < 1.29 is 4.79 Å². The number of rotatable bonds is 9. The van der Waals surface area contributed by atoms with Crippen molar-refractivity contribution in [2.75, 3.05) is 5.75 Å². The van der Waals surface area contributed by atoms with Gasteiger partial charge in [0.2, 0.25) is 0 Å². The molecule has 1 rings (SSSR count). The molecule has 0 aliphatic heterocycles. The molecule has 100 valence electrons. The fourth-order valence-electron chi connectivity index (χ4n) is 1.88. The molecule has 0 aliphatic rings. The molecule has 0 unspecified atom stereocenters. The Morgan fingerprint density at radius 1 is 1.00 bits per heavy atom. The van der Waals surface area contributed by atoms with Gasteiger partial charge in [0.15, 0.2) is 5.12 Å². The van der Waals surface area contributed by atoms with E-state index in [2.05, 4.69) is 6.92 Å². The first-order valence-corrected chi connectivity index (χ1v) is 8.01. The molecule has 0 heterocycles. The van der Waals surface area contributed by atoms with Gasteiger partial charge in [-0.15, -0.1) is 0 Å². The van der Waals surface area contributed by atoms with E-state index in [1.165, 1.54) is 50.3 Å². The lowest BCUT2D eigenvalue weighted by Gasteiger charge is -2.02. The van der Waals surface area contributed by atoms with Crippen LogP contribution in [0.1, 0.15) is 51.0 Å². The van der Waals surface area contributed by atoms with Crippen molar-refractivity contribution in [2.24, 2.45) is 0 Å². The van der Waals surface area contributed by atoms with Crippen molar-refractivity contribution in [1.82, 2.24) is 0 Å². The summed E-state index contributed by atoms with van der Waals surface area (Å²) >= 11 is 1.50. The van der Waals surface area contributed by atoms with E-state index in [0.29, 0.717) is 11.5 Å². The molecule has 1 aromatic rings. The first kappa shape index (κ1) is 15.3. The van der Waals surface area contributed by atoms with Gasteiger partial charge in [-0.3, -0.25) is 4.79 Å². The molecule has 0 aromatic heterocycles. The summed E-state index contributed by atoms with van der Waals surface area (Å²) in [6.07, 6.45) is 8.33. The third-order valence-electron chi connectivity index (χ3n) is 2.95. The van der Waals surface area contributed by atoms with E-state index in [-0.39, 0.29) is 0 Å². The van der Waals surface area contributed by atoms with Gasteiger partial charge in [0.1, 0.15) is 0 Å². The van der Waals surface area contributed by atoms with Crippen LogP contribution in [0, 0.1) is 0 Å². The van der Waals surface area contributed by atoms with Crippen LogP contribution in [0.4, 0.5) is 0 Å². The lowest BCUT2D eigenvalue weighted by Crippen LogP contribution is -1.98. The van der Waals surface area contributed by atoms with Crippen molar-refractivity contribution in [2.45, 2.75) is 51.9 Å². The quantitative estimate of drug-likeness (QED) is 0.593. The smallest absolute Gasteiger partial charge is 0.193 e. The number of carbonyl (C=O) groups is 1. The van der Waals surface area contributed by atoms with Crippen LogP contribution in [0.25, 0.3) is 0 Å². The van der Waals surface area contributed by atoms with Crippen LogP contribution < -0.4 is 0 Å². The van der Waals surface area contributed by atoms with E-state index in [0.717, 1.165) is 11.3 Å². The van der Waals surface area contributed by atoms with Crippen molar-refractivity contribution in [3.8, 4) is 0 Å². The van der Waals surface area contributed by atoms with Crippen LogP contribution in [0.15, 0.2) is 30.3 Å². The van der Waals surface area contributed by atoms with Gasteiger partial charge in [0.25, 0.3) is 0 Å². The molecule has 0 saturated carbocycles. The monoisotopic (exact) mass is 264 g/mol. The minimum absolute atomic E-state index is 0.301. The van der Waals surface area contributed by atoms with Gasteiger partial charge in [0, 0.05) is 12.2 Å². The van der Waals surface area contributed by atoms with Gasteiger partial charge in [-0.2, -0.15) is 0 Å². The zero-order valence-corrected chi connectivity index (χ0v) is 12.2. The molecular formula is C16H24OS. The Labute approximate surface area is 115 Å². The highest BCUT2D eigenvalue weighted by atomic mass is 32.2. The Bertz CT molecular complexity index is 321. The molecule has 18 heavy (non-hydrogen) atoms. The highest BCUT2D eigenvalue weighted by molar-refractivity contribution is 8.13. The Morgan fingerprint density at radius 3 is 2.39 bits per heavy atom. The fraction of sp³-hybridized carbons (Fsp3) is 0.562. The molecular weight excluding hydrogens is 240 g/mol. The van der Waals surface area contributed by atoms with Crippen LogP contribution in [0.3, 0.4) is 0 Å². The van der Waals surface area contributed by atoms with E-state index < -0.39 is 0 Å². The predicted octanol–water partition coefficient (Wildman–Crippen LogP) is 4.85. The maximum atomic E-state index is 11.7. The van der Waals surface area contributed by atoms with Crippen LogP contribution in [0.5, 0.6) is 0 Å². The van der Waals surface area contributed by atoms with Gasteiger partial charge < -0.3 is 0 Å². The lowest BCUT2D eigenvalue weighted by molar-refractivity contribution is -0.110. The van der Waals surface area contributed by atoms with Crippen LogP contribution >= 0.6 is 11.8 Å². The molecule has 0 amide bonds. The summed E-state index contributed by atoms with van der Waals surface area (Å²) in [7, 11) is 0. The first-order chi connectivity index (χ1) is 8.83. The zero-order valence-electron chi connectivity index (χ0n) is 11.4. The molecule has 1 aromatic carbocycles.